The molecule has 14 heavy (non-hydrogen) atoms. The fraction of sp³-hybridized carbons (Fsp3) is 0.667. The Labute approximate surface area is 88.1 Å². The highest BCUT2D eigenvalue weighted by Gasteiger charge is 2.09. The SMILES string of the molecule is Cl.NNC(N)=NCCC[C@H](N)C(=O)O. The zero-order valence-corrected chi connectivity index (χ0v) is 8.46. The van der Waals surface area contributed by atoms with Crippen LogP contribution in [0.4, 0.5) is 0 Å². The number of nitrogens with one attached hydrogen (secondary N) is 1. The maximum absolute atomic E-state index is 10.3. The van der Waals surface area contributed by atoms with E-state index in [4.69, 9.17) is 22.4 Å². The fourth-order valence-corrected chi connectivity index (χ4v) is 0.680. The minimum atomic E-state index is -1.01. The van der Waals surface area contributed by atoms with Gasteiger partial charge in [0.1, 0.15) is 6.04 Å². The molecule has 0 aromatic carbocycles. The van der Waals surface area contributed by atoms with Crippen LogP contribution < -0.4 is 22.7 Å². The number of nitrogens with zero attached hydrogens (tertiary/aromatic N) is 1. The van der Waals surface area contributed by atoms with E-state index in [-0.39, 0.29) is 18.4 Å². The first-order chi connectivity index (χ1) is 6.07. The monoisotopic (exact) mass is 225 g/mol. The van der Waals surface area contributed by atoms with E-state index in [0.717, 1.165) is 0 Å². The molecule has 0 unspecified atom stereocenters. The fourth-order valence-electron chi connectivity index (χ4n) is 0.680. The molecule has 0 aromatic heterocycles. The maximum atomic E-state index is 10.3. The van der Waals surface area contributed by atoms with Crippen molar-refractivity contribution in [1.29, 1.82) is 0 Å². The van der Waals surface area contributed by atoms with Crippen LogP contribution in [0.15, 0.2) is 4.99 Å². The lowest BCUT2D eigenvalue weighted by molar-refractivity contribution is -0.138. The second-order valence-electron chi connectivity index (χ2n) is 2.50. The summed E-state index contributed by atoms with van der Waals surface area (Å²) in [4.78, 5) is 14.0. The van der Waals surface area contributed by atoms with Gasteiger partial charge < -0.3 is 16.6 Å². The van der Waals surface area contributed by atoms with Gasteiger partial charge >= 0.3 is 5.97 Å². The van der Waals surface area contributed by atoms with Gasteiger partial charge in [-0.3, -0.25) is 15.2 Å². The Morgan fingerprint density at radius 1 is 1.57 bits per heavy atom. The topological polar surface area (TPSA) is 140 Å². The van der Waals surface area contributed by atoms with Crippen LogP contribution in [0.3, 0.4) is 0 Å². The van der Waals surface area contributed by atoms with Gasteiger partial charge in [-0.25, -0.2) is 5.84 Å². The first-order valence-corrected chi connectivity index (χ1v) is 3.83. The van der Waals surface area contributed by atoms with Crippen molar-refractivity contribution in [2.45, 2.75) is 18.9 Å². The van der Waals surface area contributed by atoms with Crippen LogP contribution in [0.2, 0.25) is 0 Å². The standard InChI is InChI=1S/C6H15N5O2.ClH/c7-4(5(12)13)2-1-3-10-6(8)11-9;/h4H,1-3,7,9H2,(H,12,13)(H3,8,10,11);1H/t4-;/m0./s1. The van der Waals surface area contributed by atoms with E-state index in [1.807, 2.05) is 0 Å². The Kier molecular flexibility index (Phi) is 9.41. The molecule has 1 atom stereocenters. The third-order valence-corrected chi connectivity index (χ3v) is 1.42. The number of nitrogens with two attached hydrogens (primary N) is 3. The van der Waals surface area contributed by atoms with E-state index in [1.165, 1.54) is 0 Å². The molecule has 0 radical (unpaired) electrons. The van der Waals surface area contributed by atoms with E-state index in [9.17, 15) is 4.79 Å². The highest BCUT2D eigenvalue weighted by atomic mass is 35.5. The predicted molar refractivity (Wildman–Crippen MR) is 55.9 cm³/mol. The molecule has 0 aliphatic carbocycles. The van der Waals surface area contributed by atoms with Gasteiger partial charge in [-0.15, -0.1) is 12.4 Å². The molecule has 8 N–H and O–H groups in total. The molecule has 0 aliphatic rings. The molecule has 0 heterocycles. The van der Waals surface area contributed by atoms with Crippen molar-refractivity contribution in [2.24, 2.45) is 22.3 Å². The number of hydrogen-bond donors (Lipinski definition) is 5. The molecule has 84 valence electrons. The number of carboxylic acid groups (broad SMARTS) is 1. The number of carbonyl (C=O) groups is 1. The Bertz CT molecular complexity index is 199. The van der Waals surface area contributed by atoms with Gasteiger partial charge in [-0.05, 0) is 12.8 Å². The number of aliphatic imine (C=N–C) groups is 1. The summed E-state index contributed by atoms with van der Waals surface area (Å²) in [5.41, 5.74) is 12.6. The number of guanidine groups is 1. The van der Waals surface area contributed by atoms with Crippen molar-refractivity contribution in [3.8, 4) is 0 Å². The second-order valence-corrected chi connectivity index (χ2v) is 2.50. The van der Waals surface area contributed by atoms with Crippen LogP contribution >= 0.6 is 12.4 Å². The molecule has 0 spiro atoms. The molecular formula is C6H16ClN5O2. The summed E-state index contributed by atoms with van der Waals surface area (Å²) in [5.74, 6) is 4.06. The largest absolute Gasteiger partial charge is 0.480 e. The number of carboxylic acids is 1. The Hall–Kier alpha value is -1.05. The lowest BCUT2D eigenvalue weighted by Gasteiger charge is -2.04. The lowest BCUT2D eigenvalue weighted by Crippen LogP contribution is -2.37. The summed E-state index contributed by atoms with van der Waals surface area (Å²) in [6.07, 6.45) is 0.937. The summed E-state index contributed by atoms with van der Waals surface area (Å²) in [6, 6.07) is -0.831. The number of hydrogen-bond acceptors (Lipinski definition) is 4. The zero-order valence-electron chi connectivity index (χ0n) is 7.64. The van der Waals surface area contributed by atoms with E-state index >= 15 is 0 Å². The number of hydrazine groups is 1. The van der Waals surface area contributed by atoms with E-state index in [1.54, 1.807) is 0 Å². The minimum Gasteiger partial charge on any atom is -0.480 e. The van der Waals surface area contributed by atoms with Gasteiger partial charge in [-0.2, -0.15) is 0 Å². The zero-order chi connectivity index (χ0) is 10.3. The van der Waals surface area contributed by atoms with Crippen molar-refractivity contribution < 1.29 is 9.90 Å². The van der Waals surface area contributed by atoms with Gasteiger partial charge in [0.15, 0.2) is 0 Å². The average Bonchev–Trinajstić information content (AvgIpc) is 2.11. The number of aliphatic carboxylic acids is 1. The summed E-state index contributed by atoms with van der Waals surface area (Å²) in [7, 11) is 0. The van der Waals surface area contributed by atoms with Crippen LogP contribution in [-0.4, -0.2) is 29.6 Å². The third kappa shape index (κ3) is 7.59. The summed E-state index contributed by atoms with van der Waals surface area (Å²) >= 11 is 0. The quantitative estimate of drug-likeness (QED) is 0.125. The molecule has 0 fully saturated rings. The Morgan fingerprint density at radius 2 is 2.14 bits per heavy atom. The van der Waals surface area contributed by atoms with E-state index in [0.29, 0.717) is 19.4 Å². The van der Waals surface area contributed by atoms with Crippen LogP contribution in [0.25, 0.3) is 0 Å². The van der Waals surface area contributed by atoms with Crippen LogP contribution in [0, 0.1) is 0 Å². The second kappa shape index (κ2) is 8.54. The number of halogens is 1. The van der Waals surface area contributed by atoms with E-state index < -0.39 is 12.0 Å². The molecule has 0 aliphatic heterocycles. The van der Waals surface area contributed by atoms with Crippen LogP contribution in [-0.2, 0) is 4.79 Å². The van der Waals surface area contributed by atoms with Crippen LogP contribution in [0.5, 0.6) is 0 Å². The molecular weight excluding hydrogens is 210 g/mol. The highest BCUT2D eigenvalue weighted by molar-refractivity contribution is 5.85. The van der Waals surface area contributed by atoms with Crippen molar-refractivity contribution in [3.63, 3.8) is 0 Å². The molecule has 7 nitrogen and oxygen atoms in total. The molecule has 0 aromatic rings. The highest BCUT2D eigenvalue weighted by Crippen LogP contribution is 1.94. The van der Waals surface area contributed by atoms with Gasteiger partial charge in [-0.1, -0.05) is 0 Å². The molecule has 0 amide bonds. The molecule has 8 heteroatoms. The van der Waals surface area contributed by atoms with Crippen molar-refractivity contribution in [2.75, 3.05) is 6.54 Å². The molecule has 0 saturated heterocycles. The Balaban J connectivity index is 0. The van der Waals surface area contributed by atoms with Gasteiger partial charge in [0, 0.05) is 6.54 Å². The molecule has 0 saturated carbocycles. The summed E-state index contributed by atoms with van der Waals surface area (Å²) in [5, 5.41) is 8.42. The van der Waals surface area contributed by atoms with Crippen molar-refractivity contribution >= 4 is 24.3 Å². The first kappa shape index (κ1) is 15.4. The smallest absolute Gasteiger partial charge is 0.320 e. The van der Waals surface area contributed by atoms with Crippen molar-refractivity contribution in [1.82, 2.24) is 5.43 Å². The van der Waals surface area contributed by atoms with Gasteiger partial charge in [0.05, 0.1) is 0 Å². The molecule has 0 rings (SSSR count). The predicted octanol–water partition coefficient (Wildman–Crippen LogP) is -1.62. The van der Waals surface area contributed by atoms with Crippen LogP contribution in [0.1, 0.15) is 12.8 Å². The Morgan fingerprint density at radius 3 is 2.57 bits per heavy atom. The number of rotatable bonds is 5. The van der Waals surface area contributed by atoms with E-state index in [2.05, 4.69) is 10.4 Å². The first-order valence-electron chi connectivity index (χ1n) is 3.83. The average molecular weight is 226 g/mol. The normalized spacial score (nSPS) is 12.9. The van der Waals surface area contributed by atoms with Gasteiger partial charge in [0.25, 0.3) is 0 Å². The summed E-state index contributed by atoms with van der Waals surface area (Å²) < 4.78 is 0. The minimum absolute atomic E-state index is 0. The van der Waals surface area contributed by atoms with Gasteiger partial charge in [0.2, 0.25) is 5.96 Å². The molecule has 0 bridgehead atoms. The third-order valence-electron chi connectivity index (χ3n) is 1.42. The van der Waals surface area contributed by atoms with Crippen molar-refractivity contribution in [3.05, 3.63) is 0 Å². The maximum Gasteiger partial charge on any atom is 0.320 e. The lowest BCUT2D eigenvalue weighted by atomic mass is 10.2. The summed E-state index contributed by atoms with van der Waals surface area (Å²) in [6.45, 7) is 0.414.